The van der Waals surface area contributed by atoms with Crippen molar-refractivity contribution in [1.29, 1.82) is 0 Å². The quantitative estimate of drug-likeness (QED) is 0.567. The first-order valence-electron chi connectivity index (χ1n) is 9.39. The molecule has 1 aliphatic heterocycles. The lowest BCUT2D eigenvalue weighted by Crippen LogP contribution is -2.24. The summed E-state index contributed by atoms with van der Waals surface area (Å²) in [6, 6.07) is 9.29. The van der Waals surface area contributed by atoms with Crippen LogP contribution in [-0.2, 0) is 0 Å². The fourth-order valence-corrected chi connectivity index (χ4v) is 4.36. The molecule has 0 bridgehead atoms. The van der Waals surface area contributed by atoms with E-state index in [-0.39, 0.29) is 0 Å². The maximum atomic E-state index is 3.51. The first-order chi connectivity index (χ1) is 12.1. The van der Waals surface area contributed by atoms with Crippen LogP contribution in [0.15, 0.2) is 29.8 Å². The van der Waals surface area contributed by atoms with E-state index in [0.29, 0.717) is 0 Å². The van der Waals surface area contributed by atoms with Crippen molar-refractivity contribution in [3.05, 3.63) is 74.3 Å². The van der Waals surface area contributed by atoms with Gasteiger partial charge >= 0.3 is 0 Å². The van der Waals surface area contributed by atoms with Gasteiger partial charge in [0.25, 0.3) is 0 Å². The normalized spacial score (nSPS) is 16.5. The maximum Gasteiger partial charge on any atom is -0.00111 e. The molecule has 0 radical (unpaired) electrons. The monoisotopic (exact) mass is 329 g/mol. The van der Waals surface area contributed by atoms with Crippen molar-refractivity contribution in [3.8, 4) is 0 Å². The molecule has 1 aliphatic carbocycles. The Bertz CT molecular complexity index is 904. The van der Waals surface area contributed by atoms with Crippen LogP contribution in [0.4, 0.5) is 0 Å². The van der Waals surface area contributed by atoms with Gasteiger partial charge in [-0.3, -0.25) is 0 Å². The van der Waals surface area contributed by atoms with Crippen molar-refractivity contribution < 1.29 is 0 Å². The molecular formula is C24H27N. The molecule has 0 unspecified atom stereocenters. The minimum atomic E-state index is 1.09. The summed E-state index contributed by atoms with van der Waals surface area (Å²) in [5.74, 6) is 0. The van der Waals surface area contributed by atoms with Gasteiger partial charge in [-0.2, -0.15) is 0 Å². The summed E-state index contributed by atoms with van der Waals surface area (Å²) in [5.41, 5.74) is 14.3. The third-order valence-corrected chi connectivity index (χ3v) is 5.81. The zero-order valence-electron chi connectivity index (χ0n) is 15.8. The second kappa shape index (κ2) is 6.31. The van der Waals surface area contributed by atoms with E-state index >= 15 is 0 Å². The number of rotatable bonds is 0. The van der Waals surface area contributed by atoms with Crippen LogP contribution in [0, 0.1) is 27.7 Å². The summed E-state index contributed by atoms with van der Waals surface area (Å²) < 4.78 is 0. The lowest BCUT2D eigenvalue weighted by molar-refractivity contribution is 0.611. The van der Waals surface area contributed by atoms with Crippen LogP contribution >= 0.6 is 0 Å². The summed E-state index contributed by atoms with van der Waals surface area (Å²) in [5, 5.41) is 3.51. The van der Waals surface area contributed by atoms with E-state index in [1.54, 1.807) is 5.57 Å². The van der Waals surface area contributed by atoms with E-state index in [2.05, 4.69) is 69.4 Å². The second-order valence-electron chi connectivity index (χ2n) is 7.58. The van der Waals surface area contributed by atoms with Gasteiger partial charge in [0, 0.05) is 0 Å². The fourth-order valence-electron chi connectivity index (χ4n) is 4.36. The molecule has 0 spiro atoms. The summed E-state index contributed by atoms with van der Waals surface area (Å²) in [6.45, 7) is 11.1. The molecule has 25 heavy (non-hydrogen) atoms. The van der Waals surface area contributed by atoms with E-state index in [1.807, 2.05) is 0 Å². The van der Waals surface area contributed by atoms with Gasteiger partial charge in [-0.15, -0.1) is 0 Å². The Morgan fingerprint density at radius 1 is 0.840 bits per heavy atom. The number of hydrogen-bond donors (Lipinski definition) is 1. The summed E-state index contributed by atoms with van der Waals surface area (Å²) >= 11 is 0. The minimum Gasteiger partial charge on any atom is -0.316 e. The van der Waals surface area contributed by atoms with E-state index in [9.17, 15) is 0 Å². The number of hydrogen-bond acceptors (Lipinski definition) is 1. The largest absolute Gasteiger partial charge is 0.316 e. The molecule has 1 N–H and O–H groups in total. The third-order valence-electron chi connectivity index (χ3n) is 5.81. The molecule has 2 aromatic carbocycles. The van der Waals surface area contributed by atoms with Gasteiger partial charge in [-0.25, -0.2) is 0 Å². The molecule has 1 fully saturated rings. The highest BCUT2D eigenvalue weighted by Crippen LogP contribution is 2.41. The molecule has 1 heterocycles. The molecule has 2 aliphatic rings. The standard InChI is InChI=1S/C24H27N/c1-15-5-7-22-20(13-15)6-8-21-18(4)16(2)14-17(3)23(21)24(22)19-9-11-25-12-10-19/h5-8,13-14,25H,9-12H2,1-4H3. The lowest BCUT2D eigenvalue weighted by Gasteiger charge is -2.25. The number of fused-ring (bicyclic) bond motifs is 2. The maximum absolute atomic E-state index is 3.51. The predicted octanol–water partition coefficient (Wildman–Crippen LogP) is 5.59. The van der Waals surface area contributed by atoms with Gasteiger partial charge in [0.2, 0.25) is 0 Å². The molecule has 0 atom stereocenters. The zero-order valence-corrected chi connectivity index (χ0v) is 15.8. The SMILES string of the molecule is Cc1ccc2c(c1)C=Cc1c(C)c(C)cc(C)c1C2=C1CCNCC1. The number of aryl methyl sites for hydroxylation is 3. The van der Waals surface area contributed by atoms with Gasteiger partial charge < -0.3 is 5.32 Å². The Kier molecular flexibility index (Phi) is 4.13. The molecular weight excluding hydrogens is 302 g/mol. The van der Waals surface area contributed by atoms with Crippen LogP contribution in [0.2, 0.25) is 0 Å². The summed E-state index contributed by atoms with van der Waals surface area (Å²) in [4.78, 5) is 0. The second-order valence-corrected chi connectivity index (χ2v) is 7.58. The van der Waals surface area contributed by atoms with Crippen LogP contribution in [0.1, 0.15) is 57.3 Å². The average molecular weight is 329 g/mol. The Morgan fingerprint density at radius 2 is 1.60 bits per heavy atom. The predicted molar refractivity (Wildman–Crippen MR) is 109 cm³/mol. The highest BCUT2D eigenvalue weighted by atomic mass is 14.9. The van der Waals surface area contributed by atoms with Gasteiger partial charge in [0.1, 0.15) is 0 Å². The summed E-state index contributed by atoms with van der Waals surface area (Å²) in [7, 11) is 0. The number of piperidine rings is 1. The number of benzene rings is 2. The minimum absolute atomic E-state index is 1.09. The molecule has 0 aromatic heterocycles. The van der Waals surface area contributed by atoms with Crippen molar-refractivity contribution in [2.24, 2.45) is 0 Å². The number of nitrogens with one attached hydrogen (secondary N) is 1. The molecule has 4 rings (SSSR count). The Balaban J connectivity index is 2.10. The van der Waals surface area contributed by atoms with E-state index < -0.39 is 0 Å². The highest BCUT2D eigenvalue weighted by molar-refractivity contribution is 5.97. The van der Waals surface area contributed by atoms with Crippen molar-refractivity contribution in [2.45, 2.75) is 40.5 Å². The fraction of sp³-hybridized carbons (Fsp3) is 0.333. The Morgan fingerprint density at radius 3 is 2.36 bits per heavy atom. The van der Waals surface area contributed by atoms with Gasteiger partial charge in [-0.1, -0.05) is 47.6 Å². The molecule has 1 nitrogen and oxygen atoms in total. The molecule has 2 aromatic rings. The van der Waals surface area contributed by atoms with Crippen LogP contribution in [-0.4, -0.2) is 13.1 Å². The van der Waals surface area contributed by atoms with Crippen molar-refractivity contribution in [3.63, 3.8) is 0 Å². The van der Waals surface area contributed by atoms with E-state index in [1.165, 1.54) is 50.1 Å². The molecule has 0 saturated carbocycles. The van der Waals surface area contributed by atoms with E-state index in [0.717, 1.165) is 25.9 Å². The first-order valence-corrected chi connectivity index (χ1v) is 9.39. The van der Waals surface area contributed by atoms with Crippen molar-refractivity contribution in [1.82, 2.24) is 5.32 Å². The lowest BCUT2D eigenvalue weighted by atomic mass is 9.82. The topological polar surface area (TPSA) is 12.0 Å². The Labute approximate surface area is 151 Å². The van der Waals surface area contributed by atoms with Crippen LogP contribution in [0.25, 0.3) is 17.7 Å². The highest BCUT2D eigenvalue weighted by Gasteiger charge is 2.23. The molecule has 1 heteroatoms. The van der Waals surface area contributed by atoms with Gasteiger partial charge in [-0.05, 0) is 98.1 Å². The van der Waals surface area contributed by atoms with Crippen LogP contribution < -0.4 is 5.32 Å². The Hall–Kier alpha value is -2.12. The molecule has 1 saturated heterocycles. The smallest absolute Gasteiger partial charge is 0.00111 e. The van der Waals surface area contributed by atoms with E-state index in [4.69, 9.17) is 0 Å². The van der Waals surface area contributed by atoms with Gasteiger partial charge in [0.15, 0.2) is 0 Å². The average Bonchev–Trinajstić information content (AvgIpc) is 2.77. The molecule has 0 amide bonds. The van der Waals surface area contributed by atoms with Crippen LogP contribution in [0.3, 0.4) is 0 Å². The van der Waals surface area contributed by atoms with Crippen LogP contribution in [0.5, 0.6) is 0 Å². The van der Waals surface area contributed by atoms with Crippen molar-refractivity contribution >= 4 is 17.7 Å². The van der Waals surface area contributed by atoms with Crippen molar-refractivity contribution in [2.75, 3.05) is 13.1 Å². The zero-order chi connectivity index (χ0) is 17.6. The third kappa shape index (κ3) is 2.77. The van der Waals surface area contributed by atoms with Gasteiger partial charge in [0.05, 0.1) is 0 Å². The molecule has 128 valence electrons. The summed E-state index contributed by atoms with van der Waals surface area (Å²) in [6.07, 6.45) is 6.96. The first kappa shape index (κ1) is 16.4.